The zero-order valence-corrected chi connectivity index (χ0v) is 15.0. The SMILES string of the molecule is CC(C)CCNC(=NCc1ccc([N+](=O)[O-])cc1)NCC1CCOC1. The van der Waals surface area contributed by atoms with Crippen molar-refractivity contribution in [1.29, 1.82) is 0 Å². The normalized spacial score (nSPS) is 17.7. The number of hydrogen-bond acceptors (Lipinski definition) is 4. The summed E-state index contributed by atoms with van der Waals surface area (Å²) in [5.41, 5.74) is 1.04. The average molecular weight is 348 g/mol. The molecule has 0 saturated carbocycles. The minimum atomic E-state index is -0.392. The van der Waals surface area contributed by atoms with E-state index >= 15 is 0 Å². The molecular formula is C18H28N4O3. The minimum Gasteiger partial charge on any atom is -0.381 e. The highest BCUT2D eigenvalue weighted by molar-refractivity contribution is 5.79. The molecule has 7 heteroatoms. The zero-order chi connectivity index (χ0) is 18.1. The van der Waals surface area contributed by atoms with E-state index in [9.17, 15) is 10.1 Å². The Balaban J connectivity index is 1.91. The molecule has 0 spiro atoms. The Kier molecular flexibility index (Phi) is 7.66. The highest BCUT2D eigenvalue weighted by Gasteiger charge is 2.15. The number of non-ortho nitro benzene ring substituents is 1. The van der Waals surface area contributed by atoms with Gasteiger partial charge in [-0.1, -0.05) is 26.0 Å². The van der Waals surface area contributed by atoms with Gasteiger partial charge in [0.15, 0.2) is 5.96 Å². The van der Waals surface area contributed by atoms with Crippen molar-refractivity contribution in [3.05, 3.63) is 39.9 Å². The lowest BCUT2D eigenvalue weighted by Gasteiger charge is -2.15. The van der Waals surface area contributed by atoms with Crippen LogP contribution in [0.4, 0.5) is 5.69 Å². The third-order valence-corrected chi connectivity index (χ3v) is 4.16. The van der Waals surface area contributed by atoms with E-state index in [1.807, 2.05) is 0 Å². The first-order valence-electron chi connectivity index (χ1n) is 8.88. The maximum Gasteiger partial charge on any atom is 0.269 e. The lowest BCUT2D eigenvalue weighted by molar-refractivity contribution is -0.384. The van der Waals surface area contributed by atoms with E-state index < -0.39 is 4.92 Å². The van der Waals surface area contributed by atoms with E-state index in [4.69, 9.17) is 4.74 Å². The molecule has 1 atom stereocenters. The van der Waals surface area contributed by atoms with E-state index in [0.717, 1.165) is 50.7 Å². The number of nitro benzene ring substituents is 1. The molecule has 1 aliphatic heterocycles. The van der Waals surface area contributed by atoms with Crippen LogP contribution in [0.1, 0.15) is 32.3 Å². The minimum absolute atomic E-state index is 0.0994. The number of benzene rings is 1. The monoisotopic (exact) mass is 348 g/mol. The lowest BCUT2D eigenvalue weighted by atomic mass is 10.1. The predicted octanol–water partition coefficient (Wildman–Crippen LogP) is 2.71. The molecule has 1 aliphatic rings. The summed E-state index contributed by atoms with van der Waals surface area (Å²) in [6.07, 6.45) is 2.15. The Morgan fingerprint density at radius 3 is 2.72 bits per heavy atom. The first kappa shape index (κ1) is 19.2. The number of nitrogens with one attached hydrogen (secondary N) is 2. The Morgan fingerprint density at radius 2 is 2.12 bits per heavy atom. The van der Waals surface area contributed by atoms with Crippen molar-refractivity contribution >= 4 is 11.6 Å². The van der Waals surface area contributed by atoms with Crippen molar-refractivity contribution in [3.8, 4) is 0 Å². The molecule has 0 radical (unpaired) electrons. The van der Waals surface area contributed by atoms with E-state index in [2.05, 4.69) is 29.5 Å². The average Bonchev–Trinajstić information content (AvgIpc) is 3.10. The first-order chi connectivity index (χ1) is 12.0. The van der Waals surface area contributed by atoms with Gasteiger partial charge in [-0.15, -0.1) is 0 Å². The van der Waals surface area contributed by atoms with Crippen molar-refractivity contribution in [2.45, 2.75) is 33.2 Å². The van der Waals surface area contributed by atoms with Crippen molar-refractivity contribution in [3.63, 3.8) is 0 Å². The maximum atomic E-state index is 10.7. The number of nitro groups is 1. The third-order valence-electron chi connectivity index (χ3n) is 4.16. The van der Waals surface area contributed by atoms with Crippen LogP contribution in [0.2, 0.25) is 0 Å². The van der Waals surface area contributed by atoms with E-state index in [1.165, 1.54) is 12.1 Å². The second-order valence-corrected chi connectivity index (χ2v) is 6.81. The smallest absolute Gasteiger partial charge is 0.269 e. The van der Waals surface area contributed by atoms with Gasteiger partial charge >= 0.3 is 0 Å². The van der Waals surface area contributed by atoms with Crippen LogP contribution in [0.15, 0.2) is 29.3 Å². The summed E-state index contributed by atoms with van der Waals surface area (Å²) in [7, 11) is 0. The predicted molar refractivity (Wildman–Crippen MR) is 98.6 cm³/mol. The highest BCUT2D eigenvalue weighted by Crippen LogP contribution is 2.13. The molecule has 0 aliphatic carbocycles. The Hall–Kier alpha value is -2.15. The van der Waals surface area contributed by atoms with Gasteiger partial charge in [0, 0.05) is 37.7 Å². The topological polar surface area (TPSA) is 88.8 Å². The number of guanidine groups is 1. The van der Waals surface area contributed by atoms with E-state index in [-0.39, 0.29) is 5.69 Å². The first-order valence-corrected chi connectivity index (χ1v) is 8.88. The van der Waals surface area contributed by atoms with Crippen molar-refractivity contribution in [1.82, 2.24) is 10.6 Å². The van der Waals surface area contributed by atoms with Crippen LogP contribution in [0.3, 0.4) is 0 Å². The van der Waals surface area contributed by atoms with Crippen molar-refractivity contribution in [2.24, 2.45) is 16.8 Å². The summed E-state index contributed by atoms with van der Waals surface area (Å²) in [5, 5.41) is 17.5. The highest BCUT2D eigenvalue weighted by atomic mass is 16.6. The molecule has 1 heterocycles. The van der Waals surface area contributed by atoms with Gasteiger partial charge in [0.2, 0.25) is 0 Å². The fourth-order valence-corrected chi connectivity index (χ4v) is 2.53. The molecule has 25 heavy (non-hydrogen) atoms. The van der Waals surface area contributed by atoms with Gasteiger partial charge in [0.1, 0.15) is 0 Å². The lowest BCUT2D eigenvalue weighted by Crippen LogP contribution is -2.40. The molecule has 0 amide bonds. The number of hydrogen-bond donors (Lipinski definition) is 2. The molecule has 7 nitrogen and oxygen atoms in total. The van der Waals surface area contributed by atoms with Crippen LogP contribution in [-0.4, -0.2) is 37.2 Å². The second-order valence-electron chi connectivity index (χ2n) is 6.81. The molecule has 2 N–H and O–H groups in total. The Labute approximate surface area is 149 Å². The molecule has 0 aromatic heterocycles. The van der Waals surface area contributed by atoms with Gasteiger partial charge in [0.25, 0.3) is 5.69 Å². The van der Waals surface area contributed by atoms with Crippen LogP contribution >= 0.6 is 0 Å². The van der Waals surface area contributed by atoms with Crippen LogP contribution < -0.4 is 10.6 Å². The van der Waals surface area contributed by atoms with Crippen molar-refractivity contribution in [2.75, 3.05) is 26.3 Å². The van der Waals surface area contributed by atoms with Crippen molar-refractivity contribution < 1.29 is 9.66 Å². The fraction of sp³-hybridized carbons (Fsp3) is 0.611. The summed E-state index contributed by atoms with van der Waals surface area (Å²) in [4.78, 5) is 14.9. The van der Waals surface area contributed by atoms with Crippen LogP contribution in [0, 0.1) is 22.0 Å². The summed E-state index contributed by atoms with van der Waals surface area (Å²) in [5.74, 6) is 1.94. The molecule has 1 aromatic rings. The number of ether oxygens (including phenoxy) is 1. The van der Waals surface area contributed by atoms with Gasteiger partial charge in [-0.3, -0.25) is 10.1 Å². The van der Waals surface area contributed by atoms with Crippen LogP contribution in [0.5, 0.6) is 0 Å². The molecule has 0 bridgehead atoms. The molecule has 1 aromatic carbocycles. The van der Waals surface area contributed by atoms with E-state index in [0.29, 0.717) is 18.4 Å². The molecule has 1 unspecified atom stereocenters. The summed E-state index contributed by atoms with van der Waals surface area (Å²) in [6.45, 7) is 8.21. The quantitative estimate of drug-likeness (QED) is 0.326. The Bertz CT molecular complexity index is 566. The number of rotatable bonds is 8. The van der Waals surface area contributed by atoms with Gasteiger partial charge in [0.05, 0.1) is 18.1 Å². The molecule has 138 valence electrons. The molecule has 1 saturated heterocycles. The maximum absolute atomic E-state index is 10.7. The standard InChI is InChI=1S/C18H28N4O3/c1-14(2)7-9-19-18(21-12-16-8-10-25-13-16)20-11-15-3-5-17(6-4-15)22(23)24/h3-6,14,16H,7-13H2,1-2H3,(H2,19,20,21). The fourth-order valence-electron chi connectivity index (χ4n) is 2.53. The second kappa shape index (κ2) is 9.98. The van der Waals surface area contributed by atoms with Gasteiger partial charge in [-0.25, -0.2) is 4.99 Å². The Morgan fingerprint density at radius 1 is 1.36 bits per heavy atom. The van der Waals surface area contributed by atoms with Crippen LogP contribution in [-0.2, 0) is 11.3 Å². The number of nitrogens with zero attached hydrogens (tertiary/aromatic N) is 2. The third kappa shape index (κ3) is 7.09. The largest absolute Gasteiger partial charge is 0.381 e. The van der Waals surface area contributed by atoms with Crippen LogP contribution in [0.25, 0.3) is 0 Å². The van der Waals surface area contributed by atoms with E-state index in [1.54, 1.807) is 12.1 Å². The zero-order valence-electron chi connectivity index (χ0n) is 15.0. The van der Waals surface area contributed by atoms with Gasteiger partial charge < -0.3 is 15.4 Å². The summed E-state index contributed by atoms with van der Waals surface area (Å²) < 4.78 is 5.41. The molecular weight excluding hydrogens is 320 g/mol. The molecule has 1 fully saturated rings. The van der Waals surface area contributed by atoms with Gasteiger partial charge in [-0.2, -0.15) is 0 Å². The summed E-state index contributed by atoms with van der Waals surface area (Å²) >= 11 is 0. The summed E-state index contributed by atoms with van der Waals surface area (Å²) in [6, 6.07) is 6.52. The van der Waals surface area contributed by atoms with Gasteiger partial charge in [-0.05, 0) is 24.3 Å². The molecule has 2 rings (SSSR count). The number of aliphatic imine (C=N–C) groups is 1.